The van der Waals surface area contributed by atoms with Crippen molar-refractivity contribution in [2.24, 2.45) is 0 Å². The largest absolute Gasteiger partial charge is 0.388 e. The van der Waals surface area contributed by atoms with Crippen LogP contribution < -0.4 is 10.6 Å². The number of amides is 2. The fourth-order valence-corrected chi connectivity index (χ4v) is 3.27. The third kappa shape index (κ3) is 5.13. The summed E-state index contributed by atoms with van der Waals surface area (Å²) in [5, 5.41) is 17.1. The van der Waals surface area contributed by atoms with Crippen molar-refractivity contribution in [2.45, 2.75) is 50.7 Å². The average molecular weight is 310 g/mol. The van der Waals surface area contributed by atoms with Gasteiger partial charge in [-0.1, -0.05) is 25.3 Å². The van der Waals surface area contributed by atoms with Gasteiger partial charge in [-0.05, 0) is 30.7 Å². The SMILES string of the molecule is O=C(NCCC(O)c1cccs1)C(=O)NC1CCCCC1. The van der Waals surface area contributed by atoms with E-state index in [9.17, 15) is 14.7 Å². The second kappa shape index (κ2) is 8.14. The summed E-state index contributed by atoms with van der Waals surface area (Å²) in [5.74, 6) is -1.17. The predicted octanol–water partition coefficient (Wildman–Crippen LogP) is 1.74. The van der Waals surface area contributed by atoms with Gasteiger partial charge in [-0.3, -0.25) is 9.59 Å². The minimum Gasteiger partial charge on any atom is -0.388 e. The number of hydrogen-bond donors (Lipinski definition) is 3. The van der Waals surface area contributed by atoms with Crippen molar-refractivity contribution >= 4 is 23.2 Å². The maximum absolute atomic E-state index is 11.7. The van der Waals surface area contributed by atoms with Crippen molar-refractivity contribution < 1.29 is 14.7 Å². The molecule has 0 bridgehead atoms. The van der Waals surface area contributed by atoms with Crippen LogP contribution in [-0.2, 0) is 9.59 Å². The maximum atomic E-state index is 11.7. The summed E-state index contributed by atoms with van der Waals surface area (Å²) in [7, 11) is 0. The highest BCUT2D eigenvalue weighted by atomic mass is 32.1. The molecule has 5 nitrogen and oxygen atoms in total. The number of carbonyl (C=O) groups is 2. The fourth-order valence-electron chi connectivity index (χ4n) is 2.52. The third-order valence-corrected chi connectivity index (χ3v) is 4.70. The van der Waals surface area contributed by atoms with Crippen molar-refractivity contribution in [3.63, 3.8) is 0 Å². The van der Waals surface area contributed by atoms with Gasteiger partial charge in [0.2, 0.25) is 0 Å². The van der Waals surface area contributed by atoms with Crippen LogP contribution in [0, 0.1) is 0 Å². The third-order valence-electron chi connectivity index (χ3n) is 3.72. The van der Waals surface area contributed by atoms with E-state index >= 15 is 0 Å². The Hall–Kier alpha value is -1.40. The number of hydrogen-bond acceptors (Lipinski definition) is 4. The molecule has 3 N–H and O–H groups in total. The molecular weight excluding hydrogens is 288 g/mol. The molecule has 116 valence electrons. The van der Waals surface area contributed by atoms with Crippen LogP contribution in [0.4, 0.5) is 0 Å². The highest BCUT2D eigenvalue weighted by Crippen LogP contribution is 2.21. The number of nitrogens with one attached hydrogen (secondary N) is 2. The molecular formula is C15H22N2O3S. The molecule has 6 heteroatoms. The quantitative estimate of drug-likeness (QED) is 0.725. The van der Waals surface area contributed by atoms with Gasteiger partial charge < -0.3 is 15.7 Å². The summed E-state index contributed by atoms with van der Waals surface area (Å²) >= 11 is 1.48. The molecule has 1 heterocycles. The fraction of sp³-hybridized carbons (Fsp3) is 0.600. The first-order chi connectivity index (χ1) is 10.2. The molecule has 0 radical (unpaired) electrons. The summed E-state index contributed by atoms with van der Waals surface area (Å²) in [6.07, 6.45) is 5.15. The maximum Gasteiger partial charge on any atom is 0.309 e. The summed E-state index contributed by atoms with van der Waals surface area (Å²) in [6, 6.07) is 3.86. The Morgan fingerprint density at radius 1 is 1.29 bits per heavy atom. The van der Waals surface area contributed by atoms with E-state index in [0.717, 1.165) is 30.6 Å². The highest BCUT2D eigenvalue weighted by Gasteiger charge is 2.20. The minimum absolute atomic E-state index is 0.133. The number of thiophene rings is 1. The lowest BCUT2D eigenvalue weighted by Crippen LogP contribution is -2.45. The summed E-state index contributed by atoms with van der Waals surface area (Å²) in [4.78, 5) is 24.3. The van der Waals surface area contributed by atoms with E-state index in [4.69, 9.17) is 0 Å². The van der Waals surface area contributed by atoms with Crippen molar-refractivity contribution in [3.05, 3.63) is 22.4 Å². The van der Waals surface area contributed by atoms with Crippen molar-refractivity contribution in [1.29, 1.82) is 0 Å². The smallest absolute Gasteiger partial charge is 0.309 e. The van der Waals surface area contributed by atoms with E-state index in [1.807, 2.05) is 17.5 Å². The number of aliphatic hydroxyl groups is 1. The van der Waals surface area contributed by atoms with E-state index in [1.54, 1.807) is 0 Å². The van der Waals surface area contributed by atoms with Crippen molar-refractivity contribution in [2.75, 3.05) is 6.54 Å². The molecule has 1 unspecified atom stereocenters. The van der Waals surface area contributed by atoms with Crippen LogP contribution in [0.15, 0.2) is 17.5 Å². The Morgan fingerprint density at radius 2 is 2.05 bits per heavy atom. The summed E-state index contributed by atoms with van der Waals surface area (Å²) in [6.45, 7) is 0.288. The normalized spacial score (nSPS) is 17.2. The molecule has 2 amide bonds. The van der Waals surface area contributed by atoms with Gasteiger partial charge >= 0.3 is 11.8 Å². The van der Waals surface area contributed by atoms with Crippen LogP contribution in [0.1, 0.15) is 49.5 Å². The Balaban J connectivity index is 1.65. The molecule has 0 saturated heterocycles. The Kier molecular flexibility index (Phi) is 6.20. The molecule has 0 spiro atoms. The van der Waals surface area contributed by atoms with Crippen LogP contribution in [0.3, 0.4) is 0 Å². The van der Waals surface area contributed by atoms with Crippen molar-refractivity contribution in [1.82, 2.24) is 10.6 Å². The number of aliphatic hydroxyl groups excluding tert-OH is 1. The monoisotopic (exact) mass is 310 g/mol. The zero-order valence-electron chi connectivity index (χ0n) is 12.0. The zero-order chi connectivity index (χ0) is 15.1. The van der Waals surface area contributed by atoms with Gasteiger partial charge in [-0.2, -0.15) is 0 Å². The summed E-state index contributed by atoms with van der Waals surface area (Å²) in [5.41, 5.74) is 0. The zero-order valence-corrected chi connectivity index (χ0v) is 12.8. The van der Waals surface area contributed by atoms with E-state index in [2.05, 4.69) is 10.6 Å². The predicted molar refractivity (Wildman–Crippen MR) is 81.9 cm³/mol. The Labute approximate surface area is 128 Å². The first-order valence-corrected chi connectivity index (χ1v) is 8.35. The van der Waals surface area contributed by atoms with Gasteiger partial charge in [0.05, 0.1) is 6.10 Å². The van der Waals surface area contributed by atoms with Crippen LogP contribution >= 0.6 is 11.3 Å². The number of rotatable bonds is 5. The van der Waals surface area contributed by atoms with E-state index in [0.29, 0.717) is 6.42 Å². The highest BCUT2D eigenvalue weighted by molar-refractivity contribution is 7.10. The van der Waals surface area contributed by atoms with Crippen LogP contribution in [-0.4, -0.2) is 29.5 Å². The molecule has 1 aliphatic rings. The minimum atomic E-state index is -0.612. The molecule has 1 aliphatic carbocycles. The van der Waals surface area contributed by atoms with Crippen LogP contribution in [0.5, 0.6) is 0 Å². The second-order valence-corrected chi connectivity index (χ2v) is 6.36. The molecule has 1 fully saturated rings. The molecule has 0 aromatic carbocycles. The summed E-state index contributed by atoms with van der Waals surface area (Å²) < 4.78 is 0. The van der Waals surface area contributed by atoms with Gasteiger partial charge in [0.25, 0.3) is 0 Å². The second-order valence-electron chi connectivity index (χ2n) is 5.38. The molecule has 2 rings (SSSR count). The molecule has 1 aromatic rings. The lowest BCUT2D eigenvalue weighted by molar-refractivity contribution is -0.139. The lowest BCUT2D eigenvalue weighted by Gasteiger charge is -2.22. The Morgan fingerprint density at radius 3 is 2.71 bits per heavy atom. The van der Waals surface area contributed by atoms with Gasteiger partial charge in [-0.25, -0.2) is 0 Å². The first-order valence-electron chi connectivity index (χ1n) is 7.47. The van der Waals surface area contributed by atoms with E-state index in [-0.39, 0.29) is 12.6 Å². The van der Waals surface area contributed by atoms with Gasteiger partial charge in [0.15, 0.2) is 0 Å². The van der Waals surface area contributed by atoms with Crippen LogP contribution in [0.25, 0.3) is 0 Å². The molecule has 1 aromatic heterocycles. The lowest BCUT2D eigenvalue weighted by atomic mass is 9.95. The van der Waals surface area contributed by atoms with Gasteiger partial charge in [-0.15, -0.1) is 11.3 Å². The molecule has 21 heavy (non-hydrogen) atoms. The molecule has 1 saturated carbocycles. The topological polar surface area (TPSA) is 78.4 Å². The van der Waals surface area contributed by atoms with Gasteiger partial charge in [0, 0.05) is 17.5 Å². The standard InChI is InChI=1S/C15H22N2O3S/c18-12(13-7-4-10-21-13)8-9-16-14(19)15(20)17-11-5-2-1-3-6-11/h4,7,10-12,18H,1-3,5-6,8-9H2,(H,16,19)(H,17,20). The van der Waals surface area contributed by atoms with Crippen LogP contribution in [0.2, 0.25) is 0 Å². The molecule has 1 atom stereocenters. The van der Waals surface area contributed by atoms with E-state index < -0.39 is 17.9 Å². The average Bonchev–Trinajstić information content (AvgIpc) is 3.02. The molecule has 0 aliphatic heterocycles. The first kappa shape index (κ1) is 16.0. The number of carbonyl (C=O) groups excluding carboxylic acids is 2. The van der Waals surface area contributed by atoms with Crippen molar-refractivity contribution in [3.8, 4) is 0 Å². The van der Waals surface area contributed by atoms with E-state index in [1.165, 1.54) is 17.8 Å². The van der Waals surface area contributed by atoms with Gasteiger partial charge in [0.1, 0.15) is 0 Å². The Bertz CT molecular complexity index is 455.